The molecule has 0 radical (unpaired) electrons. The maximum absolute atomic E-state index is 13.4. The molecule has 0 saturated heterocycles. The van der Waals surface area contributed by atoms with E-state index >= 15 is 0 Å². The maximum atomic E-state index is 13.4. The Morgan fingerprint density at radius 2 is 1.60 bits per heavy atom. The zero-order valence-corrected chi connectivity index (χ0v) is 18.2. The summed E-state index contributed by atoms with van der Waals surface area (Å²) < 4.78 is 41.0. The van der Waals surface area contributed by atoms with Crippen molar-refractivity contribution in [3.63, 3.8) is 0 Å². The molecule has 0 aliphatic carbocycles. The Morgan fingerprint density at radius 1 is 0.886 bits per heavy atom. The minimum Gasteiger partial charge on any atom is -0.346 e. The van der Waals surface area contributed by atoms with E-state index in [4.69, 9.17) is 0 Å². The van der Waals surface area contributed by atoms with Crippen molar-refractivity contribution in [2.24, 2.45) is 0 Å². The predicted molar refractivity (Wildman–Crippen MR) is 127 cm³/mol. The molecule has 0 atom stereocenters. The van der Waals surface area contributed by atoms with Gasteiger partial charge in [-0.25, -0.2) is 4.98 Å². The fraction of sp³-hybridized carbons (Fsp3) is 0.0741. The van der Waals surface area contributed by atoms with E-state index < -0.39 is 28.9 Å². The highest BCUT2D eigenvalue weighted by Crippen LogP contribution is 2.30. The number of nitrogens with one attached hydrogen (secondary N) is 1. The van der Waals surface area contributed by atoms with Gasteiger partial charge in [-0.2, -0.15) is 13.2 Å². The summed E-state index contributed by atoms with van der Waals surface area (Å²) in [7, 11) is 0. The number of halogens is 3. The van der Waals surface area contributed by atoms with E-state index in [0.29, 0.717) is 11.0 Å². The van der Waals surface area contributed by atoms with Gasteiger partial charge in [-0.05, 0) is 46.7 Å². The Morgan fingerprint density at radius 3 is 2.43 bits per heavy atom. The molecule has 0 bridgehead atoms. The SMILES string of the molecule is O=C(NCc1cccc2ccccc12)c1nc2ccccc2n(-c2cccc(C(F)(F)F)c2)c1=O. The van der Waals surface area contributed by atoms with Crippen molar-refractivity contribution < 1.29 is 18.0 Å². The van der Waals surface area contributed by atoms with Gasteiger partial charge in [0.25, 0.3) is 11.5 Å². The summed E-state index contributed by atoms with van der Waals surface area (Å²) in [5.74, 6) is -0.714. The van der Waals surface area contributed by atoms with Crippen LogP contribution in [0.15, 0.2) is 95.8 Å². The second-order valence-corrected chi connectivity index (χ2v) is 7.96. The Balaban J connectivity index is 1.57. The highest BCUT2D eigenvalue weighted by Gasteiger charge is 2.31. The van der Waals surface area contributed by atoms with Gasteiger partial charge < -0.3 is 5.32 Å². The van der Waals surface area contributed by atoms with Crippen LogP contribution < -0.4 is 10.9 Å². The van der Waals surface area contributed by atoms with Crippen molar-refractivity contribution in [3.8, 4) is 5.69 Å². The normalized spacial score (nSPS) is 11.6. The third-order valence-electron chi connectivity index (χ3n) is 5.73. The number of carbonyl (C=O) groups excluding carboxylic acids is 1. The van der Waals surface area contributed by atoms with Crippen LogP contribution in [0.3, 0.4) is 0 Å². The quantitative estimate of drug-likeness (QED) is 0.376. The second-order valence-electron chi connectivity index (χ2n) is 7.96. The molecule has 1 aromatic heterocycles. The average molecular weight is 473 g/mol. The minimum atomic E-state index is -4.58. The van der Waals surface area contributed by atoms with Gasteiger partial charge >= 0.3 is 6.18 Å². The largest absolute Gasteiger partial charge is 0.416 e. The van der Waals surface area contributed by atoms with E-state index in [0.717, 1.165) is 33.0 Å². The number of amides is 1. The lowest BCUT2D eigenvalue weighted by Crippen LogP contribution is -2.34. The number of aromatic nitrogens is 2. The van der Waals surface area contributed by atoms with E-state index in [1.165, 1.54) is 12.1 Å². The van der Waals surface area contributed by atoms with Gasteiger partial charge in [0.1, 0.15) is 0 Å². The zero-order valence-electron chi connectivity index (χ0n) is 18.2. The van der Waals surface area contributed by atoms with E-state index in [9.17, 15) is 22.8 Å². The number of fused-ring (bicyclic) bond motifs is 2. The van der Waals surface area contributed by atoms with E-state index in [-0.39, 0.29) is 12.2 Å². The molecule has 5 rings (SSSR count). The summed E-state index contributed by atoms with van der Waals surface area (Å²) in [5.41, 5.74) is -0.659. The van der Waals surface area contributed by atoms with Gasteiger partial charge in [0.2, 0.25) is 0 Å². The van der Waals surface area contributed by atoms with Crippen LogP contribution in [-0.4, -0.2) is 15.5 Å². The first-order valence-corrected chi connectivity index (χ1v) is 10.8. The fourth-order valence-electron chi connectivity index (χ4n) is 4.06. The van der Waals surface area contributed by atoms with Crippen LogP contribution in [-0.2, 0) is 12.7 Å². The number of rotatable bonds is 4. The molecule has 1 heterocycles. The zero-order chi connectivity index (χ0) is 24.6. The van der Waals surface area contributed by atoms with Crippen molar-refractivity contribution in [3.05, 3.63) is 118 Å². The number of alkyl halides is 3. The van der Waals surface area contributed by atoms with Crippen LogP contribution in [0.1, 0.15) is 21.6 Å². The van der Waals surface area contributed by atoms with Crippen molar-refractivity contribution in [1.29, 1.82) is 0 Å². The van der Waals surface area contributed by atoms with E-state index in [2.05, 4.69) is 10.3 Å². The van der Waals surface area contributed by atoms with Crippen LogP contribution in [0, 0.1) is 0 Å². The Bertz CT molecular complexity index is 1640. The molecule has 0 fully saturated rings. The van der Waals surface area contributed by atoms with Crippen LogP contribution in [0.25, 0.3) is 27.5 Å². The first-order chi connectivity index (χ1) is 16.8. The molecule has 0 unspecified atom stereocenters. The summed E-state index contributed by atoms with van der Waals surface area (Å²) in [5, 5.41) is 4.70. The van der Waals surface area contributed by atoms with Crippen LogP contribution in [0.5, 0.6) is 0 Å². The summed E-state index contributed by atoms with van der Waals surface area (Å²) in [6.07, 6.45) is -4.58. The van der Waals surface area contributed by atoms with Gasteiger partial charge in [0.15, 0.2) is 5.69 Å². The monoisotopic (exact) mass is 473 g/mol. The number of benzene rings is 4. The van der Waals surface area contributed by atoms with Gasteiger partial charge in [-0.15, -0.1) is 0 Å². The molecule has 35 heavy (non-hydrogen) atoms. The third-order valence-corrected chi connectivity index (χ3v) is 5.73. The number of hydrogen-bond acceptors (Lipinski definition) is 3. The second kappa shape index (κ2) is 8.72. The van der Waals surface area contributed by atoms with Crippen LogP contribution in [0.4, 0.5) is 13.2 Å². The Kier molecular flexibility index (Phi) is 5.56. The lowest BCUT2D eigenvalue weighted by atomic mass is 10.0. The number of nitrogens with zero attached hydrogens (tertiary/aromatic N) is 2. The molecule has 0 saturated carbocycles. The van der Waals surface area contributed by atoms with Crippen LogP contribution in [0.2, 0.25) is 0 Å². The molecule has 0 aliphatic heterocycles. The molecule has 4 aromatic carbocycles. The van der Waals surface area contributed by atoms with Crippen molar-refractivity contribution >= 4 is 27.7 Å². The lowest BCUT2D eigenvalue weighted by Gasteiger charge is -2.14. The molecule has 174 valence electrons. The summed E-state index contributed by atoms with van der Waals surface area (Å²) >= 11 is 0. The van der Waals surface area contributed by atoms with Crippen LogP contribution >= 0.6 is 0 Å². The molecular formula is C27H18F3N3O2. The molecule has 0 aliphatic rings. The highest BCUT2D eigenvalue weighted by atomic mass is 19.4. The molecule has 5 aromatic rings. The van der Waals surface area contributed by atoms with Crippen molar-refractivity contribution in [2.75, 3.05) is 0 Å². The Hall–Kier alpha value is -4.46. The molecule has 1 amide bonds. The first-order valence-electron chi connectivity index (χ1n) is 10.8. The summed E-state index contributed by atoms with van der Waals surface area (Å²) in [6.45, 7) is 0.150. The standard InChI is InChI=1S/C27H18F3N3O2/c28-27(29,30)19-10-6-11-20(15-19)33-23-14-4-3-13-22(23)32-24(26(33)35)25(34)31-16-18-9-5-8-17-7-1-2-12-21(17)18/h1-15H,16H2,(H,31,34). The first kappa shape index (κ1) is 22.3. The highest BCUT2D eigenvalue weighted by molar-refractivity contribution is 5.94. The molecule has 1 N–H and O–H groups in total. The average Bonchev–Trinajstić information content (AvgIpc) is 2.86. The number of hydrogen-bond donors (Lipinski definition) is 1. The maximum Gasteiger partial charge on any atom is 0.416 e. The molecule has 8 heteroatoms. The number of para-hydroxylation sites is 2. The predicted octanol–water partition coefficient (Wildman–Crippen LogP) is 5.49. The third kappa shape index (κ3) is 4.26. The summed E-state index contributed by atoms with van der Waals surface area (Å²) in [6, 6.07) is 24.3. The fourth-order valence-corrected chi connectivity index (χ4v) is 4.06. The topological polar surface area (TPSA) is 64.0 Å². The van der Waals surface area contributed by atoms with Gasteiger partial charge in [0.05, 0.1) is 16.6 Å². The molecular weight excluding hydrogens is 455 g/mol. The summed E-state index contributed by atoms with van der Waals surface area (Å²) in [4.78, 5) is 30.7. The minimum absolute atomic E-state index is 0.00784. The van der Waals surface area contributed by atoms with Crippen molar-refractivity contribution in [1.82, 2.24) is 14.9 Å². The molecule has 5 nitrogen and oxygen atoms in total. The lowest BCUT2D eigenvalue weighted by molar-refractivity contribution is -0.137. The Labute approximate surface area is 197 Å². The van der Waals surface area contributed by atoms with Gasteiger partial charge in [-0.3, -0.25) is 14.2 Å². The van der Waals surface area contributed by atoms with E-state index in [1.54, 1.807) is 24.3 Å². The van der Waals surface area contributed by atoms with Gasteiger partial charge in [0, 0.05) is 12.2 Å². The smallest absolute Gasteiger partial charge is 0.346 e. The molecule has 0 spiro atoms. The van der Waals surface area contributed by atoms with Gasteiger partial charge in [-0.1, -0.05) is 60.7 Å². The van der Waals surface area contributed by atoms with E-state index in [1.807, 2.05) is 42.5 Å². The number of carbonyl (C=O) groups is 1. The van der Waals surface area contributed by atoms with Crippen molar-refractivity contribution in [2.45, 2.75) is 12.7 Å².